The first kappa shape index (κ1) is 16.7. The maximum Gasteiger partial charge on any atom is 0.162 e. The Kier molecular flexibility index (Phi) is 5.75. The van der Waals surface area contributed by atoms with Gasteiger partial charge in [0, 0.05) is 42.9 Å². The van der Waals surface area contributed by atoms with Crippen molar-refractivity contribution in [2.24, 2.45) is 5.92 Å². The molecule has 22 heavy (non-hydrogen) atoms. The first-order valence-electron chi connectivity index (χ1n) is 7.46. The van der Waals surface area contributed by atoms with E-state index in [1.54, 1.807) is 13.2 Å². The van der Waals surface area contributed by atoms with Crippen LogP contribution in [0.3, 0.4) is 0 Å². The second-order valence-electron chi connectivity index (χ2n) is 5.40. The molecule has 1 atom stereocenters. The average Bonchev–Trinajstić information content (AvgIpc) is 2.53. The molecular weight excluding hydrogens is 296 g/mol. The fourth-order valence-electron chi connectivity index (χ4n) is 2.68. The Hall–Kier alpha value is -1.65. The van der Waals surface area contributed by atoms with Gasteiger partial charge in [0.1, 0.15) is 0 Å². The lowest BCUT2D eigenvalue weighted by molar-refractivity contribution is -0.113. The van der Waals surface area contributed by atoms with Gasteiger partial charge >= 0.3 is 0 Å². The van der Waals surface area contributed by atoms with E-state index < -0.39 is 0 Å². The Morgan fingerprint density at radius 1 is 1.32 bits per heavy atom. The fourth-order valence-corrected chi connectivity index (χ4v) is 3.07. The zero-order chi connectivity index (χ0) is 16.1. The van der Waals surface area contributed by atoms with Crippen LogP contribution in [-0.2, 0) is 9.53 Å². The normalized spacial score (nSPS) is 18.3. The minimum atomic E-state index is 0.0439. The van der Waals surface area contributed by atoms with Crippen molar-refractivity contribution >= 4 is 34.2 Å². The minimum Gasteiger partial charge on any atom is -0.385 e. The Balaban J connectivity index is 2.31. The molecule has 0 bridgehead atoms. The molecule has 0 fully saturated rings. The maximum absolute atomic E-state index is 11.8. The first-order valence-corrected chi connectivity index (χ1v) is 7.87. The van der Waals surface area contributed by atoms with Crippen molar-refractivity contribution in [2.75, 3.05) is 13.7 Å². The predicted octanol–water partition coefficient (Wildman–Crippen LogP) is 3.66. The van der Waals surface area contributed by atoms with Crippen LogP contribution in [0.4, 0.5) is 0 Å². The van der Waals surface area contributed by atoms with Crippen molar-refractivity contribution < 1.29 is 14.3 Å². The number of ether oxygens (including phenoxy) is 1. The van der Waals surface area contributed by atoms with Gasteiger partial charge in [-0.05, 0) is 23.6 Å². The summed E-state index contributed by atoms with van der Waals surface area (Å²) >= 11 is 5.41. The largest absolute Gasteiger partial charge is 0.385 e. The number of thiocarbonyl (C=S) groups is 1. The topological polar surface area (TPSA) is 43.4 Å². The van der Waals surface area contributed by atoms with Crippen LogP contribution in [0.5, 0.6) is 0 Å². The predicted molar refractivity (Wildman–Crippen MR) is 91.2 cm³/mol. The summed E-state index contributed by atoms with van der Waals surface area (Å²) in [6.07, 6.45) is 3.28. The van der Waals surface area contributed by atoms with Crippen LogP contribution in [0, 0.1) is 5.92 Å². The minimum absolute atomic E-state index is 0.0439. The number of hydrogen-bond donors (Lipinski definition) is 0. The third kappa shape index (κ3) is 3.76. The van der Waals surface area contributed by atoms with Gasteiger partial charge in [-0.1, -0.05) is 43.4 Å². The number of benzene rings is 1. The van der Waals surface area contributed by atoms with Crippen molar-refractivity contribution in [1.29, 1.82) is 0 Å². The molecule has 4 heteroatoms. The Bertz CT molecular complexity index is 614. The standard InChI is InChI=1S/C18H20O3S/c1-3-17(20)13-6-4-12(5-7-13)16-10-14(19)11-18(22)15(16)8-9-21-2/h4-7,10,15H,3,8-9,11H2,1-2H3. The number of carbonyl (C=O) groups excluding carboxylic acids is 2. The highest BCUT2D eigenvalue weighted by Crippen LogP contribution is 2.32. The van der Waals surface area contributed by atoms with E-state index in [1.807, 2.05) is 31.2 Å². The number of Topliss-reactive ketones (excluding diaryl/α,β-unsaturated/α-hetero) is 1. The highest BCUT2D eigenvalue weighted by molar-refractivity contribution is 7.80. The van der Waals surface area contributed by atoms with Crippen LogP contribution in [0.2, 0.25) is 0 Å². The van der Waals surface area contributed by atoms with Crippen LogP contribution in [-0.4, -0.2) is 30.1 Å². The van der Waals surface area contributed by atoms with E-state index in [4.69, 9.17) is 17.0 Å². The van der Waals surface area contributed by atoms with Crippen molar-refractivity contribution in [3.05, 3.63) is 41.5 Å². The molecule has 0 spiro atoms. The fraction of sp³-hybridized carbons (Fsp3) is 0.389. The zero-order valence-electron chi connectivity index (χ0n) is 12.9. The summed E-state index contributed by atoms with van der Waals surface area (Å²) in [7, 11) is 1.66. The highest BCUT2D eigenvalue weighted by Gasteiger charge is 2.27. The molecule has 1 aliphatic rings. The third-order valence-corrected chi connectivity index (χ3v) is 4.33. The van der Waals surface area contributed by atoms with Crippen LogP contribution < -0.4 is 0 Å². The molecule has 1 aromatic carbocycles. The Morgan fingerprint density at radius 3 is 2.59 bits per heavy atom. The number of hydrogen-bond acceptors (Lipinski definition) is 4. The summed E-state index contributed by atoms with van der Waals surface area (Å²) < 4.78 is 5.15. The third-order valence-electron chi connectivity index (χ3n) is 3.90. The first-order chi connectivity index (χ1) is 10.6. The molecule has 1 aliphatic carbocycles. The molecule has 1 aromatic rings. The summed E-state index contributed by atoms with van der Waals surface area (Å²) in [6, 6.07) is 7.43. The van der Waals surface area contributed by atoms with Crippen molar-refractivity contribution in [3.63, 3.8) is 0 Å². The SMILES string of the molecule is CCC(=O)c1ccc(C2=CC(=O)CC(=S)C2CCOC)cc1. The van der Waals surface area contributed by atoms with Gasteiger partial charge in [0.15, 0.2) is 11.6 Å². The molecule has 0 aliphatic heterocycles. The molecule has 2 rings (SSSR count). The molecule has 0 saturated heterocycles. The van der Waals surface area contributed by atoms with Gasteiger partial charge in [-0.3, -0.25) is 9.59 Å². The molecule has 0 radical (unpaired) electrons. The van der Waals surface area contributed by atoms with Gasteiger partial charge in [0.05, 0.1) is 0 Å². The number of carbonyl (C=O) groups is 2. The van der Waals surface area contributed by atoms with Gasteiger partial charge < -0.3 is 4.74 Å². The number of allylic oxidation sites excluding steroid dienone is 2. The molecule has 0 N–H and O–H groups in total. The van der Waals surface area contributed by atoms with E-state index >= 15 is 0 Å². The quantitative estimate of drug-likeness (QED) is 0.593. The highest BCUT2D eigenvalue weighted by atomic mass is 32.1. The summed E-state index contributed by atoms with van der Waals surface area (Å²) in [5.74, 6) is 0.217. The van der Waals surface area contributed by atoms with Crippen LogP contribution >= 0.6 is 12.2 Å². The van der Waals surface area contributed by atoms with Crippen LogP contribution in [0.25, 0.3) is 5.57 Å². The van der Waals surface area contributed by atoms with Gasteiger partial charge in [0.25, 0.3) is 0 Å². The molecule has 0 aromatic heterocycles. The van der Waals surface area contributed by atoms with Gasteiger partial charge in [-0.2, -0.15) is 0 Å². The van der Waals surface area contributed by atoms with Gasteiger partial charge in [0.2, 0.25) is 0 Å². The molecule has 3 nitrogen and oxygen atoms in total. The van der Waals surface area contributed by atoms with E-state index in [2.05, 4.69) is 0 Å². The van der Waals surface area contributed by atoms with E-state index in [0.717, 1.165) is 22.4 Å². The van der Waals surface area contributed by atoms with Crippen molar-refractivity contribution in [3.8, 4) is 0 Å². The smallest absolute Gasteiger partial charge is 0.162 e. The van der Waals surface area contributed by atoms with E-state index in [-0.39, 0.29) is 17.5 Å². The Labute approximate surface area is 136 Å². The van der Waals surface area contributed by atoms with Gasteiger partial charge in [-0.25, -0.2) is 0 Å². The molecule has 116 valence electrons. The van der Waals surface area contributed by atoms with E-state index in [1.165, 1.54) is 0 Å². The summed E-state index contributed by atoms with van der Waals surface area (Å²) in [5.41, 5.74) is 2.59. The summed E-state index contributed by atoms with van der Waals surface area (Å²) in [5, 5.41) is 0. The lowest BCUT2D eigenvalue weighted by Gasteiger charge is -2.25. The van der Waals surface area contributed by atoms with E-state index in [0.29, 0.717) is 25.0 Å². The Morgan fingerprint density at radius 2 is 2.00 bits per heavy atom. The number of methoxy groups -OCH3 is 1. The molecule has 0 heterocycles. The second-order valence-corrected chi connectivity index (χ2v) is 5.92. The molecule has 0 amide bonds. The van der Waals surface area contributed by atoms with Crippen LogP contribution in [0.1, 0.15) is 42.1 Å². The second kappa shape index (κ2) is 7.56. The van der Waals surface area contributed by atoms with Crippen LogP contribution in [0.15, 0.2) is 30.3 Å². The van der Waals surface area contributed by atoms with Gasteiger partial charge in [-0.15, -0.1) is 0 Å². The molecule has 1 unspecified atom stereocenters. The van der Waals surface area contributed by atoms with Crippen molar-refractivity contribution in [1.82, 2.24) is 0 Å². The molecule has 0 saturated carbocycles. The van der Waals surface area contributed by atoms with E-state index in [9.17, 15) is 9.59 Å². The molecular formula is C18H20O3S. The monoisotopic (exact) mass is 316 g/mol. The maximum atomic E-state index is 11.8. The summed E-state index contributed by atoms with van der Waals surface area (Å²) in [6.45, 7) is 2.44. The summed E-state index contributed by atoms with van der Waals surface area (Å²) in [4.78, 5) is 24.3. The average molecular weight is 316 g/mol. The lowest BCUT2D eigenvalue weighted by atomic mass is 9.81. The number of ketones is 2. The number of rotatable bonds is 6. The zero-order valence-corrected chi connectivity index (χ0v) is 13.7. The van der Waals surface area contributed by atoms with Crippen molar-refractivity contribution in [2.45, 2.75) is 26.2 Å². The lowest BCUT2D eigenvalue weighted by Crippen LogP contribution is -2.24.